The molecule has 0 heterocycles. The second kappa shape index (κ2) is 70.0. The summed E-state index contributed by atoms with van der Waals surface area (Å²) >= 11 is 0. The summed E-state index contributed by atoms with van der Waals surface area (Å²) < 4.78 is 17.0. The van der Waals surface area contributed by atoms with E-state index in [1.165, 1.54) is 128 Å². The van der Waals surface area contributed by atoms with Gasteiger partial charge >= 0.3 is 17.9 Å². The van der Waals surface area contributed by atoms with Crippen molar-refractivity contribution in [1.29, 1.82) is 0 Å². The minimum atomic E-state index is -0.797. The van der Waals surface area contributed by atoms with Gasteiger partial charge in [-0.15, -0.1) is 0 Å². The Kier molecular flexibility index (Phi) is 66.3. The molecule has 83 heavy (non-hydrogen) atoms. The zero-order valence-corrected chi connectivity index (χ0v) is 54.2. The molecule has 0 radical (unpaired) electrons. The fourth-order valence-corrected chi connectivity index (χ4v) is 9.49. The van der Waals surface area contributed by atoms with Crippen LogP contribution < -0.4 is 0 Å². The number of hydrogen-bond donors (Lipinski definition) is 0. The van der Waals surface area contributed by atoms with Crippen LogP contribution in [0, 0.1) is 0 Å². The maximum absolute atomic E-state index is 13.0. The Morgan fingerprint density at radius 2 is 0.470 bits per heavy atom. The Labute approximate surface area is 513 Å². The average Bonchev–Trinajstić information content (AvgIpc) is 3.49. The van der Waals surface area contributed by atoms with Gasteiger partial charge in [0.1, 0.15) is 13.2 Å². The predicted octanol–water partition coefficient (Wildman–Crippen LogP) is 24.1. The van der Waals surface area contributed by atoms with E-state index in [2.05, 4.69) is 154 Å². The van der Waals surface area contributed by atoms with E-state index < -0.39 is 6.10 Å². The first kappa shape index (κ1) is 78.5. The molecule has 1 atom stereocenters. The number of ether oxygens (including phenoxy) is 3. The zero-order chi connectivity index (χ0) is 59.9. The minimum Gasteiger partial charge on any atom is -0.462 e. The third-order valence-electron chi connectivity index (χ3n) is 14.6. The van der Waals surface area contributed by atoms with Gasteiger partial charge in [-0.05, 0) is 135 Å². The lowest BCUT2D eigenvalue weighted by atomic mass is 10.1. The van der Waals surface area contributed by atoms with Crippen LogP contribution in [0.4, 0.5) is 0 Å². The van der Waals surface area contributed by atoms with Crippen molar-refractivity contribution < 1.29 is 28.6 Å². The second-order valence-corrected chi connectivity index (χ2v) is 22.7. The molecule has 0 aromatic carbocycles. The summed E-state index contributed by atoms with van der Waals surface area (Å²) in [5.41, 5.74) is 0. The average molecular weight is 1150 g/mol. The summed E-state index contributed by atoms with van der Waals surface area (Å²) in [7, 11) is 0. The molecule has 0 amide bonds. The lowest BCUT2D eigenvalue weighted by molar-refractivity contribution is -0.167. The lowest BCUT2D eigenvalue weighted by Crippen LogP contribution is -2.30. The second-order valence-electron chi connectivity index (χ2n) is 22.7. The number of carbonyl (C=O) groups excluding carboxylic acids is 3. The quantitative estimate of drug-likeness (QED) is 0.0261. The molecule has 0 saturated heterocycles. The number of allylic oxidation sites excluding steroid dienone is 22. The first-order valence-corrected chi connectivity index (χ1v) is 34.7. The molecule has 0 N–H and O–H groups in total. The molecule has 472 valence electrons. The van der Waals surface area contributed by atoms with Crippen LogP contribution in [0.2, 0.25) is 0 Å². The SMILES string of the molecule is CC/C=C\C/C=C\C/C=C\C/C=C\C/C=C\C/C=C\C/C=C\CCCCCCCCCC(=O)OCC(COC(=O)CCCCCCC/C=C\C/C=C\C/C=C\CC)OC(=O)CCCCCCCCCCC/C=C\CCCCCCCCCC. The van der Waals surface area contributed by atoms with Crippen LogP contribution in [-0.2, 0) is 28.6 Å². The first-order chi connectivity index (χ1) is 41.0. The fraction of sp³-hybridized carbons (Fsp3) is 0.675. The van der Waals surface area contributed by atoms with Gasteiger partial charge in [-0.25, -0.2) is 0 Å². The molecular weight excluding hydrogens is 1020 g/mol. The van der Waals surface area contributed by atoms with E-state index in [1.807, 2.05) is 0 Å². The number of esters is 3. The smallest absolute Gasteiger partial charge is 0.306 e. The molecule has 1 unspecified atom stereocenters. The molecule has 6 heteroatoms. The van der Waals surface area contributed by atoms with E-state index in [0.29, 0.717) is 19.3 Å². The van der Waals surface area contributed by atoms with Crippen molar-refractivity contribution in [2.24, 2.45) is 0 Å². The van der Waals surface area contributed by atoms with Gasteiger partial charge in [-0.1, -0.05) is 296 Å². The van der Waals surface area contributed by atoms with E-state index in [9.17, 15) is 14.4 Å². The van der Waals surface area contributed by atoms with Gasteiger partial charge in [0.2, 0.25) is 0 Å². The Morgan fingerprint density at radius 3 is 0.747 bits per heavy atom. The van der Waals surface area contributed by atoms with Crippen molar-refractivity contribution >= 4 is 17.9 Å². The minimum absolute atomic E-state index is 0.0929. The highest BCUT2D eigenvalue weighted by atomic mass is 16.6. The molecule has 0 aromatic rings. The fourth-order valence-electron chi connectivity index (χ4n) is 9.49. The van der Waals surface area contributed by atoms with Crippen molar-refractivity contribution in [3.05, 3.63) is 134 Å². The Balaban J connectivity index is 4.38. The van der Waals surface area contributed by atoms with E-state index >= 15 is 0 Å². The van der Waals surface area contributed by atoms with Crippen LogP contribution in [-0.4, -0.2) is 37.2 Å². The van der Waals surface area contributed by atoms with E-state index in [0.717, 1.165) is 148 Å². The molecule has 0 bridgehead atoms. The molecule has 0 saturated carbocycles. The summed E-state index contributed by atoms with van der Waals surface area (Å²) in [5.74, 6) is -0.915. The summed E-state index contributed by atoms with van der Waals surface area (Å²) in [6.07, 6.45) is 98.9. The molecule has 0 rings (SSSR count). The Bertz CT molecular complexity index is 1750. The van der Waals surface area contributed by atoms with Crippen LogP contribution >= 0.6 is 0 Å². The molecule has 0 aliphatic heterocycles. The predicted molar refractivity (Wildman–Crippen MR) is 362 cm³/mol. The van der Waals surface area contributed by atoms with Crippen molar-refractivity contribution in [3.63, 3.8) is 0 Å². The number of carbonyl (C=O) groups is 3. The van der Waals surface area contributed by atoms with Crippen molar-refractivity contribution in [3.8, 4) is 0 Å². The summed E-state index contributed by atoms with van der Waals surface area (Å²) in [4.78, 5) is 38.4. The number of unbranched alkanes of at least 4 members (excludes halogenated alkanes) is 29. The maximum Gasteiger partial charge on any atom is 0.306 e. The zero-order valence-electron chi connectivity index (χ0n) is 54.2. The Hall–Kier alpha value is -4.45. The van der Waals surface area contributed by atoms with Crippen molar-refractivity contribution in [2.75, 3.05) is 13.2 Å². The van der Waals surface area contributed by atoms with Gasteiger partial charge in [0.15, 0.2) is 6.10 Å². The molecule has 0 fully saturated rings. The molecule has 0 aliphatic carbocycles. The standard InChI is InChI=1S/C77H128O6/c1-4-7-10-13-16-19-22-25-28-30-32-34-35-36-37-38-39-40-41-43-44-46-49-52-55-58-61-64-67-70-76(79)82-73-74(72-81-75(78)69-66-63-60-57-54-51-48-27-24-21-18-15-12-9-6-3)83-77(80)71-68-65-62-59-56-53-50-47-45-42-33-31-29-26-23-20-17-14-11-8-5-2/h7,9-10,12,16,18-19,21,25,27-28,31-34,36-37,39-40,43-44,48,74H,4-6,8,11,13-15,17,20,22-24,26,29-30,35,38,41-42,45-47,49-73H2,1-3H3/b10-7-,12-9-,19-16-,21-18-,28-25-,33-31-,34-32-,37-36-,40-39-,44-43-,48-27-. The highest BCUT2D eigenvalue weighted by Crippen LogP contribution is 2.16. The molecule has 0 aliphatic rings. The summed E-state index contributed by atoms with van der Waals surface area (Å²) in [5, 5.41) is 0. The largest absolute Gasteiger partial charge is 0.462 e. The van der Waals surface area contributed by atoms with Gasteiger partial charge in [0, 0.05) is 19.3 Å². The van der Waals surface area contributed by atoms with Gasteiger partial charge in [-0.2, -0.15) is 0 Å². The van der Waals surface area contributed by atoms with Gasteiger partial charge < -0.3 is 14.2 Å². The third kappa shape index (κ3) is 68.2. The van der Waals surface area contributed by atoms with E-state index in [-0.39, 0.29) is 31.1 Å². The van der Waals surface area contributed by atoms with Gasteiger partial charge in [-0.3, -0.25) is 14.4 Å². The van der Waals surface area contributed by atoms with Gasteiger partial charge in [0.05, 0.1) is 0 Å². The van der Waals surface area contributed by atoms with Crippen LogP contribution in [0.5, 0.6) is 0 Å². The van der Waals surface area contributed by atoms with Crippen LogP contribution in [0.15, 0.2) is 134 Å². The monoisotopic (exact) mass is 1150 g/mol. The molecule has 6 nitrogen and oxygen atoms in total. The Morgan fingerprint density at radius 1 is 0.253 bits per heavy atom. The molecule has 0 spiro atoms. The third-order valence-corrected chi connectivity index (χ3v) is 14.6. The van der Waals surface area contributed by atoms with Gasteiger partial charge in [0.25, 0.3) is 0 Å². The molecular formula is C77H128O6. The van der Waals surface area contributed by atoms with Crippen LogP contribution in [0.3, 0.4) is 0 Å². The molecule has 0 aromatic heterocycles. The number of rotatable bonds is 62. The number of hydrogen-bond acceptors (Lipinski definition) is 6. The summed E-state index contributed by atoms with van der Waals surface area (Å²) in [6.45, 7) is 6.41. The van der Waals surface area contributed by atoms with E-state index in [4.69, 9.17) is 14.2 Å². The first-order valence-electron chi connectivity index (χ1n) is 34.7. The highest BCUT2D eigenvalue weighted by Gasteiger charge is 2.19. The normalized spacial score (nSPS) is 13.0. The van der Waals surface area contributed by atoms with Crippen molar-refractivity contribution in [2.45, 2.75) is 322 Å². The van der Waals surface area contributed by atoms with E-state index in [1.54, 1.807) is 0 Å². The van der Waals surface area contributed by atoms with Crippen LogP contribution in [0.1, 0.15) is 316 Å². The topological polar surface area (TPSA) is 78.9 Å². The lowest BCUT2D eigenvalue weighted by Gasteiger charge is -2.18. The van der Waals surface area contributed by atoms with Crippen LogP contribution in [0.25, 0.3) is 0 Å². The maximum atomic E-state index is 13.0. The summed E-state index contributed by atoms with van der Waals surface area (Å²) in [6, 6.07) is 0. The van der Waals surface area contributed by atoms with Crippen molar-refractivity contribution in [1.82, 2.24) is 0 Å². The highest BCUT2D eigenvalue weighted by molar-refractivity contribution is 5.71.